The summed E-state index contributed by atoms with van der Waals surface area (Å²) in [5.74, 6) is 0.0532. The number of hydrogen-bond acceptors (Lipinski definition) is 9. The van der Waals surface area contributed by atoms with E-state index in [2.05, 4.69) is 0 Å². The monoisotopic (exact) mass is 404 g/mol. The Kier molecular flexibility index (Phi) is 4.93. The number of aromatic hydroxyl groups is 1. The summed E-state index contributed by atoms with van der Waals surface area (Å²) >= 11 is 0. The molecule has 0 saturated carbocycles. The smallest absolute Gasteiger partial charge is 0.229 e. The van der Waals surface area contributed by atoms with Crippen LogP contribution in [-0.4, -0.2) is 62.8 Å². The summed E-state index contributed by atoms with van der Waals surface area (Å²) in [4.78, 5) is 12.7. The number of aliphatic hydroxyl groups excluding tert-OH is 4. The highest BCUT2D eigenvalue weighted by atomic mass is 16.7. The van der Waals surface area contributed by atoms with Crippen molar-refractivity contribution < 1.29 is 39.4 Å². The van der Waals surface area contributed by atoms with Gasteiger partial charge in [-0.2, -0.15) is 0 Å². The van der Waals surface area contributed by atoms with E-state index in [0.29, 0.717) is 16.3 Å². The van der Waals surface area contributed by atoms with Gasteiger partial charge in [-0.15, -0.1) is 0 Å². The Balaban J connectivity index is 1.76. The maximum atomic E-state index is 12.7. The minimum Gasteiger partial charge on any atom is -0.507 e. The number of fused-ring (bicyclic) bond motifs is 3. The lowest BCUT2D eigenvalue weighted by Gasteiger charge is -2.39. The molecule has 1 saturated heterocycles. The van der Waals surface area contributed by atoms with Crippen molar-refractivity contribution in [3.8, 4) is 11.5 Å². The fourth-order valence-electron chi connectivity index (χ4n) is 3.63. The SMILES string of the molecule is Cc1cc2cc(O[C@H]3O[C@H](CO)[C@@H](O)[C@H](O)[C@H]3O)cc(=O)c2c2occc(O)c12. The van der Waals surface area contributed by atoms with Gasteiger partial charge in [-0.3, -0.25) is 4.79 Å². The topological polar surface area (TPSA) is 150 Å². The van der Waals surface area contributed by atoms with Crippen LogP contribution in [-0.2, 0) is 4.74 Å². The molecule has 0 unspecified atom stereocenters. The second kappa shape index (κ2) is 7.29. The maximum absolute atomic E-state index is 12.7. The van der Waals surface area contributed by atoms with Gasteiger partial charge < -0.3 is 39.4 Å². The number of ether oxygens (including phenoxy) is 2. The van der Waals surface area contributed by atoms with Crippen molar-refractivity contribution in [3.63, 3.8) is 0 Å². The van der Waals surface area contributed by atoms with Gasteiger partial charge in [0.05, 0.1) is 23.6 Å². The van der Waals surface area contributed by atoms with Crippen molar-refractivity contribution in [2.75, 3.05) is 6.61 Å². The number of aliphatic hydroxyl groups is 4. The van der Waals surface area contributed by atoms with Crippen LogP contribution in [0.5, 0.6) is 11.5 Å². The first-order valence-electron chi connectivity index (χ1n) is 8.97. The molecule has 2 heterocycles. The van der Waals surface area contributed by atoms with Crippen LogP contribution in [0.15, 0.2) is 39.7 Å². The second-order valence-corrected chi connectivity index (χ2v) is 7.04. The van der Waals surface area contributed by atoms with Crippen LogP contribution in [0.4, 0.5) is 0 Å². The number of rotatable bonds is 3. The molecule has 2 aromatic carbocycles. The van der Waals surface area contributed by atoms with E-state index in [1.165, 1.54) is 18.4 Å². The maximum Gasteiger partial charge on any atom is 0.229 e. The molecule has 154 valence electrons. The van der Waals surface area contributed by atoms with Crippen molar-refractivity contribution in [1.82, 2.24) is 0 Å². The normalized spacial score (nSPS) is 27.4. The van der Waals surface area contributed by atoms with Crippen molar-refractivity contribution in [3.05, 3.63) is 46.3 Å². The fourth-order valence-corrected chi connectivity index (χ4v) is 3.63. The Bertz CT molecular complexity index is 1120. The average Bonchev–Trinajstić information content (AvgIpc) is 2.68. The van der Waals surface area contributed by atoms with Crippen LogP contribution in [0, 0.1) is 6.92 Å². The third kappa shape index (κ3) is 3.22. The van der Waals surface area contributed by atoms with E-state index in [0.717, 1.165) is 6.07 Å². The molecule has 0 bridgehead atoms. The molecule has 0 radical (unpaired) electrons. The average molecular weight is 404 g/mol. The van der Waals surface area contributed by atoms with E-state index >= 15 is 0 Å². The van der Waals surface area contributed by atoms with Crippen LogP contribution < -0.4 is 10.2 Å². The highest BCUT2D eigenvalue weighted by Crippen LogP contribution is 2.34. The van der Waals surface area contributed by atoms with Gasteiger partial charge in [0, 0.05) is 12.1 Å². The summed E-state index contributed by atoms with van der Waals surface area (Å²) < 4.78 is 16.3. The lowest BCUT2D eigenvalue weighted by Crippen LogP contribution is -2.60. The predicted molar refractivity (Wildman–Crippen MR) is 101 cm³/mol. The van der Waals surface area contributed by atoms with Crippen molar-refractivity contribution in [1.29, 1.82) is 0 Å². The molecule has 3 aromatic rings. The zero-order chi connectivity index (χ0) is 20.9. The Hall–Kier alpha value is -2.69. The molecular weight excluding hydrogens is 384 g/mol. The first kappa shape index (κ1) is 19.6. The molecule has 0 amide bonds. The van der Waals surface area contributed by atoms with Gasteiger partial charge in [-0.05, 0) is 23.9 Å². The second-order valence-electron chi connectivity index (χ2n) is 7.04. The predicted octanol–water partition coefficient (Wildman–Crippen LogP) is 0.139. The van der Waals surface area contributed by atoms with Gasteiger partial charge in [0.25, 0.3) is 0 Å². The minimum atomic E-state index is -1.59. The summed E-state index contributed by atoms with van der Waals surface area (Å²) in [6.07, 6.45) is -5.94. The minimum absolute atomic E-state index is 0.00769. The van der Waals surface area contributed by atoms with E-state index < -0.39 is 42.7 Å². The van der Waals surface area contributed by atoms with Gasteiger partial charge in [0.1, 0.15) is 41.5 Å². The highest BCUT2D eigenvalue weighted by molar-refractivity contribution is 6.07. The zero-order valence-electron chi connectivity index (χ0n) is 15.3. The molecule has 4 rings (SSSR count). The zero-order valence-corrected chi connectivity index (χ0v) is 15.3. The Morgan fingerprint density at radius 1 is 1.07 bits per heavy atom. The van der Waals surface area contributed by atoms with Gasteiger partial charge in [-0.1, -0.05) is 6.07 Å². The van der Waals surface area contributed by atoms with Crippen LogP contribution >= 0.6 is 0 Å². The Morgan fingerprint density at radius 3 is 2.55 bits per heavy atom. The van der Waals surface area contributed by atoms with Gasteiger partial charge in [-0.25, -0.2) is 0 Å². The van der Waals surface area contributed by atoms with Crippen LogP contribution in [0.3, 0.4) is 0 Å². The molecule has 1 aromatic heterocycles. The summed E-state index contributed by atoms with van der Waals surface area (Å²) in [7, 11) is 0. The fraction of sp³-hybridized carbons (Fsp3) is 0.350. The van der Waals surface area contributed by atoms with Crippen LogP contribution in [0.25, 0.3) is 21.7 Å². The summed E-state index contributed by atoms with van der Waals surface area (Å²) in [5.41, 5.74) is 0.476. The number of aryl methyl sites for hydroxylation is 1. The molecule has 9 nitrogen and oxygen atoms in total. The first-order chi connectivity index (χ1) is 13.8. The van der Waals surface area contributed by atoms with E-state index in [1.807, 2.05) is 0 Å². The number of benzene rings is 2. The van der Waals surface area contributed by atoms with E-state index in [-0.39, 0.29) is 22.5 Å². The summed E-state index contributed by atoms with van der Waals surface area (Å²) in [5, 5.41) is 50.4. The molecule has 1 aliphatic heterocycles. The Morgan fingerprint density at radius 2 is 1.83 bits per heavy atom. The first-order valence-corrected chi connectivity index (χ1v) is 8.97. The highest BCUT2D eigenvalue weighted by Gasteiger charge is 2.44. The standard InChI is InChI=1S/C20H20O9/c1-8-4-9-5-10(28-20-18(26)17(25)16(24)13(7-21)29-20)6-12(23)15(9)19-14(8)11(22)2-3-27-19/h2-6,13,16-18,20-22,24-26H,7H2,1H3/t13-,16-,17+,18-,20+/m1/s1. The summed E-state index contributed by atoms with van der Waals surface area (Å²) in [6.45, 7) is 1.16. The van der Waals surface area contributed by atoms with Crippen molar-refractivity contribution >= 4 is 21.7 Å². The molecule has 1 fully saturated rings. The largest absolute Gasteiger partial charge is 0.507 e. The molecular formula is C20H20O9. The third-order valence-corrected chi connectivity index (χ3v) is 5.10. The molecule has 1 aliphatic rings. The molecule has 0 spiro atoms. The quantitative estimate of drug-likeness (QED) is 0.384. The number of hydrogen-bond donors (Lipinski definition) is 5. The molecule has 5 atom stereocenters. The Labute approximate surface area is 164 Å². The lowest BCUT2D eigenvalue weighted by atomic mass is 9.99. The third-order valence-electron chi connectivity index (χ3n) is 5.10. The van der Waals surface area contributed by atoms with Crippen molar-refractivity contribution in [2.24, 2.45) is 0 Å². The molecule has 5 N–H and O–H groups in total. The van der Waals surface area contributed by atoms with Crippen LogP contribution in [0.1, 0.15) is 5.56 Å². The van der Waals surface area contributed by atoms with E-state index in [9.17, 15) is 30.3 Å². The van der Waals surface area contributed by atoms with Crippen LogP contribution in [0.2, 0.25) is 0 Å². The van der Waals surface area contributed by atoms with Gasteiger partial charge >= 0.3 is 0 Å². The van der Waals surface area contributed by atoms with E-state index in [4.69, 9.17) is 13.9 Å². The van der Waals surface area contributed by atoms with Gasteiger partial charge in [0.15, 0.2) is 5.43 Å². The lowest BCUT2D eigenvalue weighted by molar-refractivity contribution is -0.277. The van der Waals surface area contributed by atoms with E-state index in [1.54, 1.807) is 13.0 Å². The molecule has 0 aliphatic carbocycles. The molecule has 9 heteroatoms. The van der Waals surface area contributed by atoms with Crippen molar-refractivity contribution in [2.45, 2.75) is 37.6 Å². The summed E-state index contributed by atoms with van der Waals surface area (Å²) in [6, 6.07) is 5.78. The van der Waals surface area contributed by atoms with Gasteiger partial charge in [0.2, 0.25) is 6.29 Å². The molecule has 29 heavy (non-hydrogen) atoms.